The second kappa shape index (κ2) is 10.0. The van der Waals surface area contributed by atoms with Crippen molar-refractivity contribution in [3.05, 3.63) is 42.2 Å². The molecule has 0 saturated carbocycles. The summed E-state index contributed by atoms with van der Waals surface area (Å²) in [6.45, 7) is 2.51. The van der Waals surface area contributed by atoms with Gasteiger partial charge < -0.3 is 31.7 Å². The predicted molar refractivity (Wildman–Crippen MR) is 112 cm³/mol. The molecule has 1 aromatic carbocycles. The molecule has 0 unspecified atom stereocenters. The van der Waals surface area contributed by atoms with E-state index >= 15 is 0 Å². The van der Waals surface area contributed by atoms with E-state index in [0.717, 1.165) is 23.1 Å². The summed E-state index contributed by atoms with van der Waals surface area (Å²) >= 11 is 0. The molecule has 2 heterocycles. The Morgan fingerprint density at radius 1 is 1.23 bits per heavy atom. The van der Waals surface area contributed by atoms with Crippen LogP contribution in [-0.2, 0) is 11.3 Å². The highest BCUT2D eigenvalue weighted by Crippen LogP contribution is 2.19. The fourth-order valence-corrected chi connectivity index (χ4v) is 2.87. The van der Waals surface area contributed by atoms with Gasteiger partial charge in [-0.2, -0.15) is 4.99 Å². The summed E-state index contributed by atoms with van der Waals surface area (Å²) < 4.78 is 5.00. The van der Waals surface area contributed by atoms with Gasteiger partial charge in [-0.3, -0.25) is 0 Å². The van der Waals surface area contributed by atoms with E-state index in [0.29, 0.717) is 32.2 Å². The number of rotatable bonds is 7. The zero-order chi connectivity index (χ0) is 21.3. The van der Waals surface area contributed by atoms with Gasteiger partial charge in [0.05, 0.1) is 6.61 Å². The minimum absolute atomic E-state index is 0.281. The fraction of sp³-hybridized carbons (Fsp3) is 0.316. The van der Waals surface area contributed by atoms with Crippen LogP contribution >= 0.6 is 0 Å². The molecule has 3 rings (SSSR count). The van der Waals surface area contributed by atoms with Crippen molar-refractivity contribution >= 4 is 24.0 Å². The third-order valence-corrected chi connectivity index (χ3v) is 4.31. The number of amides is 3. The van der Waals surface area contributed by atoms with Crippen LogP contribution in [0.2, 0.25) is 0 Å². The van der Waals surface area contributed by atoms with Crippen LogP contribution in [-0.4, -0.2) is 59.2 Å². The SMILES string of the molecule is NC(N)=NC(=O)NCc1cccc(-c2cnc(NCCN3CCCOC3=O)nc2)c1. The molecule has 0 bridgehead atoms. The maximum Gasteiger partial charge on any atom is 0.409 e. The summed E-state index contributed by atoms with van der Waals surface area (Å²) in [5.41, 5.74) is 13.0. The van der Waals surface area contributed by atoms with Crippen molar-refractivity contribution in [3.63, 3.8) is 0 Å². The first kappa shape index (κ1) is 20.8. The molecule has 2 aromatic rings. The first-order chi connectivity index (χ1) is 14.5. The maximum absolute atomic E-state index is 11.6. The maximum atomic E-state index is 11.6. The molecule has 0 radical (unpaired) electrons. The van der Waals surface area contributed by atoms with Gasteiger partial charge >= 0.3 is 12.1 Å². The summed E-state index contributed by atoms with van der Waals surface area (Å²) in [5, 5.41) is 5.71. The molecule has 6 N–H and O–H groups in total. The lowest BCUT2D eigenvalue weighted by Crippen LogP contribution is -2.40. The van der Waals surface area contributed by atoms with Crippen molar-refractivity contribution in [1.29, 1.82) is 0 Å². The lowest BCUT2D eigenvalue weighted by Gasteiger charge is -2.26. The fourth-order valence-electron chi connectivity index (χ4n) is 2.87. The van der Waals surface area contributed by atoms with Crippen molar-refractivity contribution in [3.8, 4) is 11.1 Å². The Balaban J connectivity index is 1.53. The van der Waals surface area contributed by atoms with Crippen LogP contribution in [0, 0.1) is 0 Å². The average molecular weight is 412 g/mol. The van der Waals surface area contributed by atoms with E-state index < -0.39 is 6.03 Å². The van der Waals surface area contributed by atoms with Gasteiger partial charge in [0.25, 0.3) is 0 Å². The average Bonchev–Trinajstić information content (AvgIpc) is 2.74. The van der Waals surface area contributed by atoms with Crippen molar-refractivity contribution in [2.75, 3.05) is 31.6 Å². The lowest BCUT2D eigenvalue weighted by atomic mass is 10.1. The second-order valence-corrected chi connectivity index (χ2v) is 6.57. The summed E-state index contributed by atoms with van der Waals surface area (Å²) in [6, 6.07) is 7.00. The molecule has 1 aromatic heterocycles. The Morgan fingerprint density at radius 3 is 2.77 bits per heavy atom. The summed E-state index contributed by atoms with van der Waals surface area (Å²) in [5.74, 6) is 0.188. The minimum atomic E-state index is -0.600. The number of aromatic nitrogens is 2. The van der Waals surface area contributed by atoms with E-state index in [-0.39, 0.29) is 18.6 Å². The second-order valence-electron chi connectivity index (χ2n) is 6.57. The number of anilines is 1. The minimum Gasteiger partial charge on any atom is -0.449 e. The number of nitrogens with two attached hydrogens (primary N) is 2. The zero-order valence-electron chi connectivity index (χ0n) is 16.4. The van der Waals surface area contributed by atoms with Crippen LogP contribution in [0.3, 0.4) is 0 Å². The van der Waals surface area contributed by atoms with Crippen LogP contribution in [0.5, 0.6) is 0 Å². The molecule has 1 saturated heterocycles. The number of ether oxygens (including phenoxy) is 1. The normalized spacial score (nSPS) is 13.3. The Morgan fingerprint density at radius 2 is 2.03 bits per heavy atom. The number of cyclic esters (lactones) is 1. The molecule has 0 spiro atoms. The third kappa shape index (κ3) is 6.06. The summed E-state index contributed by atoms with van der Waals surface area (Å²) in [6.07, 6.45) is 3.98. The third-order valence-electron chi connectivity index (χ3n) is 4.31. The topological polar surface area (TPSA) is 161 Å². The molecule has 1 fully saturated rings. The van der Waals surface area contributed by atoms with Crippen LogP contribution in [0.1, 0.15) is 12.0 Å². The Hall–Kier alpha value is -3.89. The number of hydrogen-bond donors (Lipinski definition) is 4. The van der Waals surface area contributed by atoms with Gasteiger partial charge in [-0.1, -0.05) is 18.2 Å². The van der Waals surface area contributed by atoms with E-state index in [4.69, 9.17) is 16.2 Å². The van der Waals surface area contributed by atoms with Gasteiger partial charge in [-0.25, -0.2) is 19.6 Å². The largest absolute Gasteiger partial charge is 0.449 e. The predicted octanol–water partition coefficient (Wildman–Crippen LogP) is 0.881. The molecule has 30 heavy (non-hydrogen) atoms. The van der Waals surface area contributed by atoms with Gasteiger partial charge in [0.15, 0.2) is 5.96 Å². The highest BCUT2D eigenvalue weighted by Gasteiger charge is 2.18. The standard InChI is InChI=1S/C19H24N8O3/c20-16(21)26-18(28)25-10-13-3-1-4-14(9-13)15-11-23-17(24-12-15)22-5-7-27-6-2-8-30-19(27)29/h1,3-4,9,11-12H,2,5-8,10H2,(H,22,23,24)(H5,20,21,25,26,28). The summed E-state index contributed by atoms with van der Waals surface area (Å²) in [4.78, 5) is 36.8. The number of guanidine groups is 1. The monoisotopic (exact) mass is 412 g/mol. The molecule has 11 heteroatoms. The number of aliphatic imine (C=N–C) groups is 1. The number of benzene rings is 1. The van der Waals surface area contributed by atoms with Crippen molar-refractivity contribution < 1.29 is 14.3 Å². The smallest absolute Gasteiger partial charge is 0.409 e. The molecular weight excluding hydrogens is 388 g/mol. The quantitative estimate of drug-likeness (QED) is 0.385. The van der Waals surface area contributed by atoms with E-state index in [1.54, 1.807) is 17.3 Å². The van der Waals surface area contributed by atoms with Crippen LogP contribution in [0.25, 0.3) is 11.1 Å². The van der Waals surface area contributed by atoms with Crippen LogP contribution in [0.15, 0.2) is 41.7 Å². The molecule has 3 amide bonds. The van der Waals surface area contributed by atoms with E-state index in [9.17, 15) is 9.59 Å². The molecule has 158 valence electrons. The Bertz CT molecular complexity index is 912. The van der Waals surface area contributed by atoms with Gasteiger partial charge in [-0.15, -0.1) is 0 Å². The number of nitrogens with zero attached hydrogens (tertiary/aromatic N) is 4. The zero-order valence-corrected chi connectivity index (χ0v) is 16.4. The molecule has 0 aliphatic carbocycles. The van der Waals surface area contributed by atoms with Crippen molar-refractivity contribution in [2.24, 2.45) is 16.5 Å². The van der Waals surface area contributed by atoms with E-state index in [1.165, 1.54) is 0 Å². The first-order valence-electron chi connectivity index (χ1n) is 9.45. The summed E-state index contributed by atoms with van der Waals surface area (Å²) in [7, 11) is 0. The number of carbonyl (C=O) groups excluding carboxylic acids is 2. The Labute approximate surface area is 173 Å². The van der Waals surface area contributed by atoms with Gasteiger partial charge in [0.1, 0.15) is 0 Å². The van der Waals surface area contributed by atoms with E-state index in [2.05, 4.69) is 25.6 Å². The number of hydrogen-bond acceptors (Lipinski definition) is 6. The highest BCUT2D eigenvalue weighted by atomic mass is 16.6. The number of urea groups is 1. The molecule has 0 atom stereocenters. The van der Waals surface area contributed by atoms with Gasteiger partial charge in [0.2, 0.25) is 5.95 Å². The molecular formula is C19H24N8O3. The molecule has 1 aliphatic heterocycles. The van der Waals surface area contributed by atoms with Crippen LogP contribution in [0.4, 0.5) is 15.5 Å². The highest BCUT2D eigenvalue weighted by molar-refractivity contribution is 5.90. The first-order valence-corrected chi connectivity index (χ1v) is 9.45. The van der Waals surface area contributed by atoms with Gasteiger partial charge in [-0.05, 0) is 23.6 Å². The van der Waals surface area contributed by atoms with Crippen molar-refractivity contribution in [1.82, 2.24) is 20.2 Å². The number of carbonyl (C=O) groups is 2. The Kier molecular flexibility index (Phi) is 6.98. The lowest BCUT2D eigenvalue weighted by molar-refractivity contribution is 0.0746. The molecule has 1 aliphatic rings. The van der Waals surface area contributed by atoms with E-state index in [1.807, 2.05) is 24.3 Å². The number of nitrogens with one attached hydrogen (secondary N) is 2. The van der Waals surface area contributed by atoms with Crippen molar-refractivity contribution in [2.45, 2.75) is 13.0 Å². The van der Waals surface area contributed by atoms with Crippen LogP contribution < -0.4 is 22.1 Å². The van der Waals surface area contributed by atoms with Gasteiger partial charge in [0, 0.05) is 44.1 Å². The molecule has 11 nitrogen and oxygen atoms in total.